The van der Waals surface area contributed by atoms with E-state index in [1.54, 1.807) is 0 Å². The second-order valence-corrected chi connectivity index (χ2v) is 5.92. The molecule has 0 spiro atoms. The Morgan fingerprint density at radius 3 is 2.69 bits per heavy atom. The fourth-order valence-electron chi connectivity index (χ4n) is 2.86. The maximum absolute atomic E-state index is 6.56. The normalized spacial score (nSPS) is 28.5. The second-order valence-electron chi connectivity index (χ2n) is 5.92. The van der Waals surface area contributed by atoms with Crippen molar-refractivity contribution >= 4 is 0 Å². The highest BCUT2D eigenvalue weighted by atomic mass is 15.2. The monoisotopic (exact) mass is 221 g/mol. The van der Waals surface area contributed by atoms with E-state index in [-0.39, 0.29) is 11.0 Å². The first-order valence-electron chi connectivity index (χ1n) is 6.19. The number of hydrogen-bond acceptors (Lipinski definition) is 2. The van der Waals surface area contributed by atoms with Crippen molar-refractivity contribution in [1.29, 1.82) is 0 Å². The molecule has 1 atom stereocenters. The third-order valence-corrected chi connectivity index (χ3v) is 4.39. The first-order valence-corrected chi connectivity index (χ1v) is 6.19. The molecular formula is C13H23N3. The molecular weight excluding hydrogens is 198 g/mol. The number of rotatable bonds is 3. The molecule has 1 heterocycles. The Labute approximate surface area is 98.0 Å². The Hall–Kier alpha value is -0.830. The third-order valence-electron chi connectivity index (χ3n) is 4.39. The summed E-state index contributed by atoms with van der Waals surface area (Å²) in [5, 5.41) is 4.20. The van der Waals surface area contributed by atoms with Gasteiger partial charge in [-0.25, -0.2) is 0 Å². The molecule has 3 nitrogen and oxygen atoms in total. The van der Waals surface area contributed by atoms with Crippen molar-refractivity contribution in [2.75, 3.05) is 0 Å². The molecule has 90 valence electrons. The topological polar surface area (TPSA) is 43.8 Å². The minimum Gasteiger partial charge on any atom is -0.325 e. The molecule has 0 aromatic carbocycles. The number of nitrogens with two attached hydrogens (primary N) is 1. The highest BCUT2D eigenvalue weighted by Crippen LogP contribution is 2.46. The molecule has 2 N–H and O–H groups in total. The van der Waals surface area contributed by atoms with E-state index < -0.39 is 0 Å². The predicted octanol–water partition coefficient (Wildman–Crippen LogP) is 2.26. The zero-order valence-electron chi connectivity index (χ0n) is 10.7. The standard InChI is InChI=1S/C13H23N3/c1-12(2)6-4-7-13(12,14)8-5-11-9-15-16(3)10-11/h9-10H,4-8,14H2,1-3H3. The van der Waals surface area contributed by atoms with Gasteiger partial charge in [-0.1, -0.05) is 20.3 Å². The summed E-state index contributed by atoms with van der Waals surface area (Å²) in [7, 11) is 1.96. The molecule has 0 amide bonds. The van der Waals surface area contributed by atoms with Crippen molar-refractivity contribution in [1.82, 2.24) is 9.78 Å². The van der Waals surface area contributed by atoms with Crippen LogP contribution in [0.2, 0.25) is 0 Å². The molecule has 0 bridgehead atoms. The molecule has 0 aliphatic heterocycles. The maximum Gasteiger partial charge on any atom is 0.0521 e. The van der Waals surface area contributed by atoms with Crippen LogP contribution in [-0.4, -0.2) is 15.3 Å². The summed E-state index contributed by atoms with van der Waals surface area (Å²) >= 11 is 0. The van der Waals surface area contributed by atoms with Gasteiger partial charge >= 0.3 is 0 Å². The van der Waals surface area contributed by atoms with E-state index in [9.17, 15) is 0 Å². The van der Waals surface area contributed by atoms with Gasteiger partial charge < -0.3 is 5.73 Å². The van der Waals surface area contributed by atoms with Crippen molar-refractivity contribution < 1.29 is 0 Å². The van der Waals surface area contributed by atoms with Crippen molar-refractivity contribution in [3.63, 3.8) is 0 Å². The Morgan fingerprint density at radius 2 is 2.19 bits per heavy atom. The fourth-order valence-corrected chi connectivity index (χ4v) is 2.86. The fraction of sp³-hybridized carbons (Fsp3) is 0.769. The van der Waals surface area contributed by atoms with Gasteiger partial charge in [0, 0.05) is 18.8 Å². The Kier molecular flexibility index (Phi) is 2.82. The van der Waals surface area contributed by atoms with Crippen LogP contribution in [0, 0.1) is 5.41 Å². The van der Waals surface area contributed by atoms with Crippen LogP contribution in [0.25, 0.3) is 0 Å². The molecule has 1 unspecified atom stereocenters. The lowest BCUT2D eigenvalue weighted by Gasteiger charge is -2.38. The number of nitrogens with zero attached hydrogens (tertiary/aromatic N) is 2. The highest BCUT2D eigenvalue weighted by molar-refractivity contribution is 5.09. The van der Waals surface area contributed by atoms with Crippen molar-refractivity contribution in [3.8, 4) is 0 Å². The molecule has 2 rings (SSSR count). The van der Waals surface area contributed by atoms with Crippen molar-refractivity contribution in [3.05, 3.63) is 18.0 Å². The van der Waals surface area contributed by atoms with Gasteiger partial charge in [0.25, 0.3) is 0 Å². The average molecular weight is 221 g/mol. The van der Waals surface area contributed by atoms with Crippen LogP contribution in [0.4, 0.5) is 0 Å². The van der Waals surface area contributed by atoms with Gasteiger partial charge in [0.15, 0.2) is 0 Å². The molecule has 16 heavy (non-hydrogen) atoms. The summed E-state index contributed by atoms with van der Waals surface area (Å²) in [6, 6.07) is 0. The lowest BCUT2D eigenvalue weighted by Crippen LogP contribution is -2.49. The largest absolute Gasteiger partial charge is 0.325 e. The van der Waals surface area contributed by atoms with Crippen LogP contribution < -0.4 is 5.73 Å². The summed E-state index contributed by atoms with van der Waals surface area (Å²) in [5.41, 5.74) is 8.17. The molecule has 3 heteroatoms. The number of aryl methyl sites for hydroxylation is 2. The number of aromatic nitrogens is 2. The summed E-state index contributed by atoms with van der Waals surface area (Å²) in [5.74, 6) is 0. The molecule has 1 aliphatic rings. The van der Waals surface area contributed by atoms with Crippen LogP contribution in [-0.2, 0) is 13.5 Å². The lowest BCUT2D eigenvalue weighted by atomic mass is 9.73. The Morgan fingerprint density at radius 1 is 1.44 bits per heavy atom. The zero-order valence-corrected chi connectivity index (χ0v) is 10.7. The molecule has 1 fully saturated rings. The first-order chi connectivity index (χ1) is 7.43. The summed E-state index contributed by atoms with van der Waals surface area (Å²) in [6.07, 6.45) is 9.86. The van der Waals surface area contributed by atoms with Crippen LogP contribution in [0.5, 0.6) is 0 Å². The Balaban J connectivity index is 1.99. The quantitative estimate of drug-likeness (QED) is 0.851. The van der Waals surface area contributed by atoms with Gasteiger partial charge in [-0.05, 0) is 36.7 Å². The van der Waals surface area contributed by atoms with Crippen molar-refractivity contribution in [2.24, 2.45) is 18.2 Å². The van der Waals surface area contributed by atoms with E-state index in [1.807, 2.05) is 17.9 Å². The van der Waals surface area contributed by atoms with Gasteiger partial charge in [-0.3, -0.25) is 4.68 Å². The molecule has 0 radical (unpaired) electrons. The van der Waals surface area contributed by atoms with E-state index in [4.69, 9.17) is 5.73 Å². The van der Waals surface area contributed by atoms with E-state index in [2.05, 4.69) is 25.1 Å². The van der Waals surface area contributed by atoms with E-state index in [0.717, 1.165) is 12.8 Å². The second kappa shape index (κ2) is 3.88. The molecule has 1 aliphatic carbocycles. The lowest BCUT2D eigenvalue weighted by molar-refractivity contribution is 0.195. The number of hydrogen-bond donors (Lipinski definition) is 1. The predicted molar refractivity (Wildman–Crippen MR) is 66.1 cm³/mol. The zero-order chi connectivity index (χ0) is 11.8. The molecule has 0 saturated heterocycles. The SMILES string of the molecule is Cn1cc(CCC2(N)CCCC2(C)C)cn1. The van der Waals surface area contributed by atoms with Crippen molar-refractivity contribution in [2.45, 2.75) is 51.5 Å². The van der Waals surface area contributed by atoms with Crippen LogP contribution >= 0.6 is 0 Å². The molecule has 1 aromatic heterocycles. The van der Waals surface area contributed by atoms with Gasteiger partial charge in [-0.2, -0.15) is 5.10 Å². The third kappa shape index (κ3) is 2.01. The smallest absolute Gasteiger partial charge is 0.0521 e. The summed E-state index contributed by atoms with van der Waals surface area (Å²) in [6.45, 7) is 4.62. The average Bonchev–Trinajstić information content (AvgIpc) is 2.70. The molecule has 1 saturated carbocycles. The van der Waals surface area contributed by atoms with E-state index in [0.29, 0.717) is 0 Å². The summed E-state index contributed by atoms with van der Waals surface area (Å²) in [4.78, 5) is 0. The maximum atomic E-state index is 6.56. The minimum absolute atomic E-state index is 0.0167. The van der Waals surface area contributed by atoms with Gasteiger partial charge in [0.05, 0.1) is 6.20 Å². The first kappa shape index (κ1) is 11.6. The minimum atomic E-state index is 0.0167. The highest BCUT2D eigenvalue weighted by Gasteiger charge is 2.44. The Bertz CT molecular complexity index is 367. The molecule has 1 aromatic rings. The van der Waals surface area contributed by atoms with Crippen LogP contribution in [0.3, 0.4) is 0 Å². The van der Waals surface area contributed by atoms with E-state index in [1.165, 1.54) is 24.8 Å². The van der Waals surface area contributed by atoms with Gasteiger partial charge in [0.2, 0.25) is 0 Å². The van der Waals surface area contributed by atoms with Crippen LogP contribution in [0.15, 0.2) is 12.4 Å². The van der Waals surface area contributed by atoms with Gasteiger partial charge in [0.1, 0.15) is 0 Å². The summed E-state index contributed by atoms with van der Waals surface area (Å²) < 4.78 is 1.86. The van der Waals surface area contributed by atoms with Gasteiger partial charge in [-0.15, -0.1) is 0 Å². The van der Waals surface area contributed by atoms with E-state index >= 15 is 0 Å². The van der Waals surface area contributed by atoms with Crippen LogP contribution in [0.1, 0.15) is 45.1 Å².